The van der Waals surface area contributed by atoms with Crippen molar-refractivity contribution >= 4 is 28.5 Å². The monoisotopic (exact) mass is 459 g/mol. The summed E-state index contributed by atoms with van der Waals surface area (Å²) in [5, 5.41) is 0.158. The van der Waals surface area contributed by atoms with Gasteiger partial charge >= 0.3 is 5.97 Å². The highest BCUT2D eigenvalue weighted by atomic mass is 19.1. The van der Waals surface area contributed by atoms with Gasteiger partial charge < -0.3 is 30.6 Å². The summed E-state index contributed by atoms with van der Waals surface area (Å²) in [7, 11) is 1.21. The fraction of sp³-hybridized carbons (Fsp3) is 0.522. The summed E-state index contributed by atoms with van der Waals surface area (Å²) < 4.78 is 21.8. The minimum absolute atomic E-state index is 0.0952. The van der Waals surface area contributed by atoms with Gasteiger partial charge in [-0.1, -0.05) is 0 Å². The van der Waals surface area contributed by atoms with Crippen LogP contribution in [-0.4, -0.2) is 67.2 Å². The molecule has 1 atom stereocenters. The molecule has 2 fully saturated rings. The molecule has 33 heavy (non-hydrogen) atoms. The lowest BCUT2D eigenvalue weighted by molar-refractivity contribution is -0.133. The number of methoxy groups -OCH3 is 1. The molecule has 1 aliphatic heterocycles. The third-order valence-corrected chi connectivity index (χ3v) is 6.41. The summed E-state index contributed by atoms with van der Waals surface area (Å²) in [6, 6.07) is 2.47. The van der Waals surface area contributed by atoms with E-state index in [-0.39, 0.29) is 22.9 Å². The van der Waals surface area contributed by atoms with E-state index in [2.05, 4.69) is 0 Å². The molecule has 178 valence electrons. The van der Waals surface area contributed by atoms with Crippen molar-refractivity contribution in [2.24, 2.45) is 11.5 Å². The predicted octanol–water partition coefficient (Wildman–Crippen LogP) is 0.977. The van der Waals surface area contributed by atoms with Crippen molar-refractivity contribution in [3.05, 3.63) is 39.9 Å². The number of fused-ring (bicyclic) bond motifs is 1. The lowest BCUT2D eigenvalue weighted by atomic mass is 10.1. The molecule has 4 N–H and O–H groups in total. The number of hydrogen-bond donors (Lipinski definition) is 2. The van der Waals surface area contributed by atoms with E-state index < -0.39 is 23.3 Å². The van der Waals surface area contributed by atoms with Crippen LogP contribution in [0.3, 0.4) is 0 Å². The first kappa shape index (κ1) is 23.2. The van der Waals surface area contributed by atoms with Crippen molar-refractivity contribution < 1.29 is 18.7 Å². The Hall–Kier alpha value is -2.98. The van der Waals surface area contributed by atoms with Crippen molar-refractivity contribution in [1.82, 2.24) is 9.47 Å². The van der Waals surface area contributed by atoms with Crippen LogP contribution in [-0.2, 0) is 9.53 Å². The molecule has 9 nitrogen and oxygen atoms in total. The lowest BCUT2D eigenvalue weighted by Crippen LogP contribution is -2.53. The number of carbonyl (C=O) groups is 2. The van der Waals surface area contributed by atoms with E-state index in [1.807, 2.05) is 9.47 Å². The normalized spacial score (nSPS) is 17.3. The Balaban J connectivity index is 1.60. The molecule has 1 aromatic carbocycles. The molecule has 0 unspecified atom stereocenters. The van der Waals surface area contributed by atoms with Gasteiger partial charge in [-0.25, -0.2) is 9.18 Å². The Morgan fingerprint density at radius 3 is 2.52 bits per heavy atom. The predicted molar refractivity (Wildman–Crippen MR) is 123 cm³/mol. The van der Waals surface area contributed by atoms with Crippen LogP contribution in [0.2, 0.25) is 0 Å². The second kappa shape index (κ2) is 9.48. The highest BCUT2D eigenvalue weighted by molar-refractivity contribution is 5.94. The van der Waals surface area contributed by atoms with Crippen molar-refractivity contribution in [2.45, 2.75) is 37.8 Å². The number of benzene rings is 1. The summed E-state index contributed by atoms with van der Waals surface area (Å²) >= 11 is 0. The number of piperazine rings is 1. The third-order valence-electron chi connectivity index (χ3n) is 6.41. The maximum Gasteiger partial charge on any atom is 0.343 e. The smallest absolute Gasteiger partial charge is 0.343 e. The standard InChI is InChI=1S/C23H30FN5O4/c1-33-23(32)16-13-29(14-4-5-14)19-12-20(17(24)11-15(19)21(16)30)27-7-9-28(10-8-27)22(31)18(26)3-2-6-25/h11-14,18H,2-10,25-26H2,1H3/t18-/m1/s1. The van der Waals surface area contributed by atoms with E-state index in [0.29, 0.717) is 56.8 Å². The Bertz CT molecular complexity index is 1120. The molecule has 10 heteroatoms. The van der Waals surface area contributed by atoms with E-state index in [4.69, 9.17) is 16.2 Å². The average molecular weight is 460 g/mol. The number of ether oxygens (including phenoxy) is 1. The van der Waals surface area contributed by atoms with Gasteiger partial charge in [0.1, 0.15) is 11.4 Å². The van der Waals surface area contributed by atoms with Crippen LogP contribution in [0.15, 0.2) is 23.1 Å². The lowest BCUT2D eigenvalue weighted by Gasteiger charge is -2.37. The van der Waals surface area contributed by atoms with Gasteiger partial charge in [0.05, 0.1) is 24.4 Å². The molecule has 1 aliphatic carbocycles. The second-order valence-corrected chi connectivity index (χ2v) is 8.67. The molecule has 1 saturated carbocycles. The van der Waals surface area contributed by atoms with Gasteiger partial charge in [0.15, 0.2) is 0 Å². The zero-order valence-electron chi connectivity index (χ0n) is 18.8. The summed E-state index contributed by atoms with van der Waals surface area (Å²) in [4.78, 5) is 41.1. The molecule has 2 aliphatic rings. The number of nitrogens with zero attached hydrogens (tertiary/aromatic N) is 3. The molecule has 2 heterocycles. The minimum atomic E-state index is -0.730. The zero-order valence-corrected chi connectivity index (χ0v) is 18.8. The first-order valence-electron chi connectivity index (χ1n) is 11.3. The first-order chi connectivity index (χ1) is 15.8. The van der Waals surface area contributed by atoms with E-state index in [1.165, 1.54) is 19.4 Å². The molecular formula is C23H30FN5O4. The van der Waals surface area contributed by atoms with Crippen LogP contribution in [0.4, 0.5) is 10.1 Å². The van der Waals surface area contributed by atoms with Crippen molar-refractivity contribution in [3.63, 3.8) is 0 Å². The SMILES string of the molecule is COC(=O)c1cn(C2CC2)c2cc(N3CCN(C(=O)[C@H](N)CCCN)CC3)c(F)cc2c1=O. The Labute approximate surface area is 191 Å². The number of halogens is 1. The molecule has 2 aromatic rings. The molecule has 1 aromatic heterocycles. The van der Waals surface area contributed by atoms with Gasteiger partial charge in [-0.2, -0.15) is 0 Å². The van der Waals surface area contributed by atoms with Gasteiger partial charge in [-0.3, -0.25) is 9.59 Å². The van der Waals surface area contributed by atoms with Gasteiger partial charge in [-0.15, -0.1) is 0 Å². The van der Waals surface area contributed by atoms with Crippen molar-refractivity contribution in [3.8, 4) is 0 Å². The topological polar surface area (TPSA) is 124 Å². The number of rotatable bonds is 7. The zero-order chi connectivity index (χ0) is 23.7. The first-order valence-corrected chi connectivity index (χ1v) is 11.3. The van der Waals surface area contributed by atoms with Crippen LogP contribution >= 0.6 is 0 Å². The van der Waals surface area contributed by atoms with E-state index in [9.17, 15) is 14.4 Å². The van der Waals surface area contributed by atoms with Crippen LogP contribution in [0.5, 0.6) is 0 Å². The number of hydrogen-bond acceptors (Lipinski definition) is 7. The van der Waals surface area contributed by atoms with Gasteiger partial charge in [0, 0.05) is 43.8 Å². The van der Waals surface area contributed by atoms with Crippen LogP contribution in [0, 0.1) is 5.82 Å². The fourth-order valence-corrected chi connectivity index (χ4v) is 4.37. The molecule has 1 saturated heterocycles. The highest BCUT2D eigenvalue weighted by Crippen LogP contribution is 2.38. The fourth-order valence-electron chi connectivity index (χ4n) is 4.37. The number of carbonyl (C=O) groups excluding carboxylic acids is 2. The summed E-state index contributed by atoms with van der Waals surface area (Å²) in [6.07, 6.45) is 4.61. The second-order valence-electron chi connectivity index (χ2n) is 8.67. The Morgan fingerprint density at radius 1 is 1.21 bits per heavy atom. The van der Waals surface area contributed by atoms with Crippen molar-refractivity contribution in [2.75, 3.05) is 44.7 Å². The van der Waals surface area contributed by atoms with Crippen LogP contribution in [0.25, 0.3) is 10.9 Å². The third kappa shape index (κ3) is 4.58. The maximum atomic E-state index is 15.2. The number of esters is 1. The summed E-state index contributed by atoms with van der Waals surface area (Å²) in [6.45, 7) is 2.26. The van der Waals surface area contributed by atoms with E-state index in [0.717, 1.165) is 12.8 Å². The minimum Gasteiger partial charge on any atom is -0.465 e. The van der Waals surface area contributed by atoms with Gasteiger partial charge in [0.2, 0.25) is 11.3 Å². The number of pyridine rings is 1. The maximum absolute atomic E-state index is 15.2. The van der Waals surface area contributed by atoms with E-state index >= 15 is 4.39 Å². The number of nitrogens with two attached hydrogens (primary N) is 2. The average Bonchev–Trinajstić information content (AvgIpc) is 3.67. The number of amides is 1. The van der Waals surface area contributed by atoms with Crippen LogP contribution in [0.1, 0.15) is 42.1 Å². The number of aromatic nitrogens is 1. The summed E-state index contributed by atoms with van der Waals surface area (Å²) in [5.41, 5.74) is 11.8. The molecule has 0 spiro atoms. The Morgan fingerprint density at radius 2 is 1.91 bits per heavy atom. The van der Waals surface area contributed by atoms with Crippen LogP contribution < -0.4 is 21.8 Å². The Kier molecular flexibility index (Phi) is 6.66. The molecule has 0 bridgehead atoms. The molecule has 0 radical (unpaired) electrons. The molecular weight excluding hydrogens is 429 g/mol. The quantitative estimate of drug-likeness (QED) is 0.592. The van der Waals surface area contributed by atoms with Gasteiger partial charge in [0.25, 0.3) is 0 Å². The summed E-state index contributed by atoms with van der Waals surface area (Å²) in [5.74, 6) is -1.38. The molecule has 4 rings (SSSR count). The number of anilines is 1. The van der Waals surface area contributed by atoms with Gasteiger partial charge in [-0.05, 0) is 44.4 Å². The highest BCUT2D eigenvalue weighted by Gasteiger charge is 2.30. The molecule has 1 amide bonds. The van der Waals surface area contributed by atoms with E-state index in [1.54, 1.807) is 11.0 Å². The largest absolute Gasteiger partial charge is 0.465 e. The van der Waals surface area contributed by atoms with Crippen molar-refractivity contribution in [1.29, 1.82) is 0 Å².